The predicted octanol–water partition coefficient (Wildman–Crippen LogP) is 1.12. The molecule has 0 aromatic rings. The molecule has 1 saturated heterocycles. The lowest BCUT2D eigenvalue weighted by Crippen LogP contribution is -2.43. The summed E-state index contributed by atoms with van der Waals surface area (Å²) >= 11 is 0. The molecular weight excluding hydrogens is 176 g/mol. The number of nitrogens with two attached hydrogens (primary N) is 1. The monoisotopic (exact) mass is 196 g/mol. The smallest absolute Gasteiger partial charge is 0.223 e. The van der Waals surface area contributed by atoms with Gasteiger partial charge in [-0.1, -0.05) is 0 Å². The van der Waals surface area contributed by atoms with E-state index in [0.717, 1.165) is 19.4 Å². The van der Waals surface area contributed by atoms with Crippen LogP contribution in [0.1, 0.15) is 40.0 Å². The Balaban J connectivity index is 2.08. The van der Waals surface area contributed by atoms with Gasteiger partial charge in [0.05, 0.1) is 0 Å². The van der Waals surface area contributed by atoms with Crippen LogP contribution in [0, 0.1) is 5.92 Å². The van der Waals surface area contributed by atoms with E-state index in [4.69, 9.17) is 5.73 Å². The molecule has 3 nitrogen and oxygen atoms in total. The number of hydrogen-bond donors (Lipinski definition) is 1. The fraction of sp³-hybridized carbons (Fsp3) is 0.909. The van der Waals surface area contributed by atoms with Crippen molar-refractivity contribution in [2.75, 3.05) is 6.54 Å². The Hall–Kier alpha value is -0.570. The van der Waals surface area contributed by atoms with Crippen LogP contribution >= 0.6 is 0 Å². The Bertz CT molecular complexity index is 263. The Kier molecular flexibility index (Phi) is 1.94. The molecule has 1 heterocycles. The van der Waals surface area contributed by atoms with E-state index in [9.17, 15) is 4.79 Å². The Morgan fingerprint density at radius 1 is 1.43 bits per heavy atom. The van der Waals surface area contributed by atoms with E-state index >= 15 is 0 Å². The lowest BCUT2D eigenvalue weighted by molar-refractivity contribution is -0.131. The minimum absolute atomic E-state index is 0.00431. The first-order chi connectivity index (χ1) is 6.33. The molecule has 2 fully saturated rings. The predicted molar refractivity (Wildman–Crippen MR) is 55.7 cm³/mol. The summed E-state index contributed by atoms with van der Waals surface area (Å²) < 4.78 is 0. The summed E-state index contributed by atoms with van der Waals surface area (Å²) in [7, 11) is 0. The molecule has 2 rings (SSSR count). The van der Waals surface area contributed by atoms with E-state index in [-0.39, 0.29) is 17.0 Å². The molecule has 1 unspecified atom stereocenters. The maximum absolute atomic E-state index is 11.8. The third-order valence-electron chi connectivity index (χ3n) is 3.58. The van der Waals surface area contributed by atoms with Crippen LogP contribution in [0.4, 0.5) is 0 Å². The zero-order valence-electron chi connectivity index (χ0n) is 9.34. The van der Waals surface area contributed by atoms with E-state index < -0.39 is 0 Å². The van der Waals surface area contributed by atoms with Gasteiger partial charge in [-0.15, -0.1) is 0 Å². The van der Waals surface area contributed by atoms with Gasteiger partial charge in [-0.05, 0) is 33.6 Å². The minimum Gasteiger partial charge on any atom is -0.337 e. The summed E-state index contributed by atoms with van der Waals surface area (Å²) in [6, 6.07) is 0. The molecule has 1 amide bonds. The van der Waals surface area contributed by atoms with Gasteiger partial charge in [-0.3, -0.25) is 4.79 Å². The van der Waals surface area contributed by atoms with Crippen molar-refractivity contribution < 1.29 is 4.79 Å². The van der Waals surface area contributed by atoms with Gasteiger partial charge in [-0.25, -0.2) is 0 Å². The Morgan fingerprint density at radius 3 is 2.36 bits per heavy atom. The first-order valence-corrected chi connectivity index (χ1v) is 5.42. The van der Waals surface area contributed by atoms with Crippen molar-refractivity contribution in [2.24, 2.45) is 11.7 Å². The molecular formula is C11H20N2O. The molecule has 1 aliphatic carbocycles. The molecule has 1 atom stereocenters. The van der Waals surface area contributed by atoms with Crippen molar-refractivity contribution in [1.29, 1.82) is 0 Å². The standard InChI is InChI=1S/C11H20N2O/c1-10(2,3)13-7-8(6-9(13)14)11(12)4-5-11/h8H,4-7,12H2,1-3H3. The highest BCUT2D eigenvalue weighted by molar-refractivity contribution is 5.79. The number of rotatable bonds is 1. The van der Waals surface area contributed by atoms with E-state index in [1.54, 1.807) is 0 Å². The highest BCUT2D eigenvalue weighted by Gasteiger charge is 2.51. The van der Waals surface area contributed by atoms with Crippen LogP contribution in [-0.4, -0.2) is 28.4 Å². The quantitative estimate of drug-likeness (QED) is 0.683. The molecule has 3 heteroatoms. The van der Waals surface area contributed by atoms with Gasteiger partial charge in [0.15, 0.2) is 0 Å². The topological polar surface area (TPSA) is 46.3 Å². The van der Waals surface area contributed by atoms with Crippen molar-refractivity contribution in [2.45, 2.75) is 51.1 Å². The van der Waals surface area contributed by atoms with Crippen LogP contribution in [0.15, 0.2) is 0 Å². The van der Waals surface area contributed by atoms with E-state index in [0.29, 0.717) is 12.3 Å². The third-order valence-corrected chi connectivity index (χ3v) is 3.58. The van der Waals surface area contributed by atoms with Gasteiger partial charge < -0.3 is 10.6 Å². The average molecular weight is 196 g/mol. The van der Waals surface area contributed by atoms with E-state index in [1.807, 2.05) is 4.90 Å². The zero-order valence-corrected chi connectivity index (χ0v) is 9.34. The second-order valence-electron chi connectivity index (χ2n) is 5.81. The Morgan fingerprint density at radius 2 is 2.00 bits per heavy atom. The van der Waals surface area contributed by atoms with Crippen molar-refractivity contribution in [3.05, 3.63) is 0 Å². The maximum atomic E-state index is 11.8. The van der Waals surface area contributed by atoms with Crippen LogP contribution in [0.5, 0.6) is 0 Å². The summed E-state index contributed by atoms with van der Waals surface area (Å²) in [5.74, 6) is 0.674. The second kappa shape index (κ2) is 2.72. The van der Waals surface area contributed by atoms with Gasteiger partial charge in [0.25, 0.3) is 0 Å². The molecule has 1 aliphatic heterocycles. The normalized spacial score (nSPS) is 31.0. The van der Waals surface area contributed by atoms with Gasteiger partial charge in [-0.2, -0.15) is 0 Å². The molecule has 0 aromatic heterocycles. The molecule has 0 aromatic carbocycles. The van der Waals surface area contributed by atoms with Gasteiger partial charge >= 0.3 is 0 Å². The molecule has 0 radical (unpaired) electrons. The first kappa shape index (κ1) is 9.97. The number of nitrogens with zero attached hydrogens (tertiary/aromatic N) is 1. The van der Waals surface area contributed by atoms with E-state index in [1.165, 1.54) is 0 Å². The summed E-state index contributed by atoms with van der Waals surface area (Å²) in [6.45, 7) is 7.12. The van der Waals surface area contributed by atoms with Gasteiger partial charge in [0.1, 0.15) is 0 Å². The van der Waals surface area contributed by atoms with E-state index in [2.05, 4.69) is 20.8 Å². The van der Waals surface area contributed by atoms with Crippen molar-refractivity contribution in [3.8, 4) is 0 Å². The van der Waals surface area contributed by atoms with Crippen LogP contribution in [0.3, 0.4) is 0 Å². The van der Waals surface area contributed by atoms with Gasteiger partial charge in [0.2, 0.25) is 5.91 Å². The number of likely N-dealkylation sites (tertiary alicyclic amines) is 1. The number of amides is 1. The lowest BCUT2D eigenvalue weighted by atomic mass is 9.97. The molecule has 14 heavy (non-hydrogen) atoms. The van der Waals surface area contributed by atoms with Crippen molar-refractivity contribution in [1.82, 2.24) is 4.90 Å². The molecule has 2 N–H and O–H groups in total. The van der Waals surface area contributed by atoms with Crippen LogP contribution in [0.2, 0.25) is 0 Å². The number of hydrogen-bond acceptors (Lipinski definition) is 2. The summed E-state index contributed by atoms with van der Waals surface area (Å²) in [6.07, 6.45) is 2.86. The molecule has 1 saturated carbocycles. The van der Waals surface area contributed by atoms with Crippen molar-refractivity contribution in [3.63, 3.8) is 0 Å². The maximum Gasteiger partial charge on any atom is 0.223 e. The summed E-state index contributed by atoms with van der Waals surface area (Å²) in [5, 5.41) is 0. The SMILES string of the molecule is CC(C)(C)N1CC(C2(N)CC2)CC1=O. The average Bonchev–Trinajstić information content (AvgIpc) is 2.61. The molecule has 2 aliphatic rings. The zero-order chi connectivity index (χ0) is 10.6. The fourth-order valence-electron chi connectivity index (χ4n) is 2.29. The first-order valence-electron chi connectivity index (χ1n) is 5.42. The summed E-state index contributed by atoms with van der Waals surface area (Å²) in [4.78, 5) is 13.8. The van der Waals surface area contributed by atoms with Crippen LogP contribution in [-0.2, 0) is 4.79 Å². The summed E-state index contributed by atoms with van der Waals surface area (Å²) in [5.41, 5.74) is 6.09. The fourth-order valence-corrected chi connectivity index (χ4v) is 2.29. The molecule has 0 bridgehead atoms. The van der Waals surface area contributed by atoms with Crippen LogP contribution < -0.4 is 5.73 Å². The largest absolute Gasteiger partial charge is 0.337 e. The number of carbonyl (C=O) groups is 1. The minimum atomic E-state index is -0.0446. The lowest BCUT2D eigenvalue weighted by Gasteiger charge is -2.32. The highest BCUT2D eigenvalue weighted by atomic mass is 16.2. The molecule has 0 spiro atoms. The van der Waals surface area contributed by atoms with Crippen LogP contribution in [0.25, 0.3) is 0 Å². The third kappa shape index (κ3) is 1.54. The number of carbonyl (C=O) groups excluding carboxylic acids is 1. The second-order valence-corrected chi connectivity index (χ2v) is 5.81. The molecule has 80 valence electrons. The van der Waals surface area contributed by atoms with Crippen molar-refractivity contribution >= 4 is 5.91 Å². The Labute approximate surface area is 85.6 Å². The highest BCUT2D eigenvalue weighted by Crippen LogP contribution is 2.45. The van der Waals surface area contributed by atoms with Gasteiger partial charge in [0, 0.05) is 30.0 Å².